The molecule has 1 rings (SSSR count). The smallest absolute Gasteiger partial charge is 0.326 e. The highest BCUT2D eigenvalue weighted by atomic mass is 16.5. The van der Waals surface area contributed by atoms with Gasteiger partial charge in [0.25, 0.3) is 5.91 Å². The predicted molar refractivity (Wildman–Crippen MR) is 90.9 cm³/mol. The zero-order valence-electron chi connectivity index (χ0n) is 14.8. The van der Waals surface area contributed by atoms with E-state index in [-0.39, 0.29) is 12.5 Å². The third-order valence-corrected chi connectivity index (χ3v) is 3.40. The first-order chi connectivity index (χ1) is 11.8. The number of ether oxygens (including phenoxy) is 2. The van der Waals surface area contributed by atoms with Crippen LogP contribution in [0, 0.1) is 5.92 Å². The SMILES string of the molecule is COc1ccc(C(=O)NCC(=O)N[C@H](CC(C)C)C(=O)O)cc1OC. The maximum atomic E-state index is 12.1. The molecule has 3 N–H and O–H groups in total. The summed E-state index contributed by atoms with van der Waals surface area (Å²) in [6.07, 6.45) is 0.310. The quantitative estimate of drug-likeness (QED) is 0.612. The van der Waals surface area contributed by atoms with E-state index in [4.69, 9.17) is 14.6 Å². The van der Waals surface area contributed by atoms with Gasteiger partial charge >= 0.3 is 5.97 Å². The lowest BCUT2D eigenvalue weighted by atomic mass is 10.0. The molecule has 0 aliphatic heterocycles. The fraction of sp³-hybridized carbons (Fsp3) is 0.471. The van der Waals surface area contributed by atoms with Crippen molar-refractivity contribution in [3.05, 3.63) is 23.8 Å². The van der Waals surface area contributed by atoms with Crippen molar-refractivity contribution >= 4 is 17.8 Å². The summed E-state index contributed by atoms with van der Waals surface area (Å²) in [7, 11) is 2.94. The normalized spacial score (nSPS) is 11.6. The van der Waals surface area contributed by atoms with Gasteiger partial charge in [0.1, 0.15) is 6.04 Å². The average molecular weight is 352 g/mol. The Balaban J connectivity index is 2.63. The molecule has 25 heavy (non-hydrogen) atoms. The second-order valence-electron chi connectivity index (χ2n) is 5.84. The van der Waals surface area contributed by atoms with Crippen molar-refractivity contribution < 1.29 is 29.0 Å². The number of hydrogen-bond acceptors (Lipinski definition) is 5. The van der Waals surface area contributed by atoms with Gasteiger partial charge in [-0.05, 0) is 30.5 Å². The minimum absolute atomic E-state index is 0.114. The van der Waals surface area contributed by atoms with Gasteiger partial charge in [-0.25, -0.2) is 4.79 Å². The number of carbonyl (C=O) groups excluding carboxylic acids is 2. The summed E-state index contributed by atoms with van der Waals surface area (Å²) >= 11 is 0. The molecule has 1 atom stereocenters. The minimum Gasteiger partial charge on any atom is -0.493 e. The van der Waals surface area contributed by atoms with E-state index < -0.39 is 23.8 Å². The molecule has 0 aromatic heterocycles. The van der Waals surface area contributed by atoms with E-state index in [0.29, 0.717) is 23.5 Å². The molecule has 2 amide bonds. The van der Waals surface area contributed by atoms with Crippen LogP contribution in [0.3, 0.4) is 0 Å². The number of carboxylic acid groups (broad SMARTS) is 1. The number of carbonyl (C=O) groups is 3. The molecule has 0 saturated heterocycles. The largest absolute Gasteiger partial charge is 0.493 e. The van der Waals surface area contributed by atoms with E-state index in [1.165, 1.54) is 26.4 Å². The molecule has 138 valence electrons. The summed E-state index contributed by atoms with van der Waals surface area (Å²) in [4.78, 5) is 35.1. The second kappa shape index (κ2) is 9.51. The molecule has 0 unspecified atom stereocenters. The standard InChI is InChI=1S/C17H24N2O6/c1-10(2)7-12(17(22)23)19-15(20)9-18-16(21)11-5-6-13(24-3)14(8-11)25-4/h5-6,8,10,12H,7,9H2,1-4H3,(H,18,21)(H,19,20)(H,22,23)/t12-/m1/s1. The number of amides is 2. The van der Waals surface area contributed by atoms with Gasteiger partial charge in [-0.15, -0.1) is 0 Å². The highest BCUT2D eigenvalue weighted by molar-refractivity contribution is 5.97. The Labute approximate surface area is 146 Å². The third kappa shape index (κ3) is 6.33. The molecule has 0 aliphatic carbocycles. The van der Waals surface area contributed by atoms with E-state index in [1.54, 1.807) is 6.07 Å². The monoisotopic (exact) mass is 352 g/mol. The molecule has 0 spiro atoms. The molecular weight excluding hydrogens is 328 g/mol. The maximum Gasteiger partial charge on any atom is 0.326 e. The number of methoxy groups -OCH3 is 2. The number of benzene rings is 1. The van der Waals surface area contributed by atoms with Gasteiger partial charge in [0.2, 0.25) is 5.91 Å². The van der Waals surface area contributed by atoms with Gasteiger partial charge in [-0.1, -0.05) is 13.8 Å². The van der Waals surface area contributed by atoms with Gasteiger partial charge in [0, 0.05) is 5.56 Å². The Hall–Kier alpha value is -2.77. The number of hydrogen-bond donors (Lipinski definition) is 3. The average Bonchev–Trinajstić information content (AvgIpc) is 2.57. The topological polar surface area (TPSA) is 114 Å². The molecule has 0 heterocycles. The Bertz CT molecular complexity index is 630. The van der Waals surface area contributed by atoms with Crippen LogP contribution in [0.15, 0.2) is 18.2 Å². The van der Waals surface area contributed by atoms with Crippen molar-refractivity contribution in [2.45, 2.75) is 26.3 Å². The third-order valence-electron chi connectivity index (χ3n) is 3.40. The predicted octanol–water partition coefficient (Wildman–Crippen LogP) is 1.05. The zero-order chi connectivity index (χ0) is 19.0. The summed E-state index contributed by atoms with van der Waals surface area (Å²) in [6.45, 7) is 3.40. The lowest BCUT2D eigenvalue weighted by molar-refractivity contribution is -0.142. The van der Waals surface area contributed by atoms with Crippen molar-refractivity contribution in [2.75, 3.05) is 20.8 Å². The van der Waals surface area contributed by atoms with E-state index in [0.717, 1.165) is 0 Å². The first kappa shape index (κ1) is 20.3. The first-order valence-electron chi connectivity index (χ1n) is 7.80. The van der Waals surface area contributed by atoms with Crippen LogP contribution >= 0.6 is 0 Å². The van der Waals surface area contributed by atoms with Crippen LogP contribution in [-0.4, -0.2) is 49.7 Å². The van der Waals surface area contributed by atoms with Crippen molar-refractivity contribution in [3.8, 4) is 11.5 Å². The zero-order valence-corrected chi connectivity index (χ0v) is 14.8. The van der Waals surface area contributed by atoms with E-state index >= 15 is 0 Å². The van der Waals surface area contributed by atoms with Crippen LogP contribution in [0.5, 0.6) is 11.5 Å². The van der Waals surface area contributed by atoms with E-state index in [9.17, 15) is 14.4 Å². The minimum atomic E-state index is -1.10. The number of rotatable bonds is 9. The Morgan fingerprint density at radius 3 is 2.28 bits per heavy atom. The lowest BCUT2D eigenvalue weighted by Crippen LogP contribution is -2.46. The molecule has 0 saturated carbocycles. The molecule has 0 radical (unpaired) electrons. The molecule has 8 nitrogen and oxygen atoms in total. The van der Waals surface area contributed by atoms with Crippen molar-refractivity contribution in [1.29, 1.82) is 0 Å². The van der Waals surface area contributed by atoms with Crippen LogP contribution in [0.1, 0.15) is 30.6 Å². The van der Waals surface area contributed by atoms with E-state index in [2.05, 4.69) is 10.6 Å². The van der Waals surface area contributed by atoms with Crippen LogP contribution in [0.2, 0.25) is 0 Å². The summed E-state index contributed by atoms with van der Waals surface area (Å²) in [5.41, 5.74) is 0.294. The molecule has 0 aliphatic rings. The summed E-state index contributed by atoms with van der Waals surface area (Å²) in [5.74, 6) is -1.16. The Kier molecular flexibility index (Phi) is 7.71. The van der Waals surface area contributed by atoms with Gasteiger partial charge in [0.05, 0.1) is 20.8 Å². The van der Waals surface area contributed by atoms with Crippen molar-refractivity contribution in [1.82, 2.24) is 10.6 Å². The summed E-state index contributed by atoms with van der Waals surface area (Å²) in [6, 6.07) is 3.63. The maximum absolute atomic E-state index is 12.1. The molecule has 1 aromatic rings. The number of nitrogens with one attached hydrogen (secondary N) is 2. The number of aliphatic carboxylic acids is 1. The van der Waals surface area contributed by atoms with Crippen LogP contribution in [-0.2, 0) is 9.59 Å². The highest BCUT2D eigenvalue weighted by Gasteiger charge is 2.21. The van der Waals surface area contributed by atoms with Gasteiger partial charge in [0.15, 0.2) is 11.5 Å². The molecule has 1 aromatic carbocycles. The van der Waals surface area contributed by atoms with Crippen molar-refractivity contribution in [3.63, 3.8) is 0 Å². The molecule has 8 heteroatoms. The van der Waals surface area contributed by atoms with Crippen LogP contribution in [0.4, 0.5) is 0 Å². The molecule has 0 fully saturated rings. The Morgan fingerprint density at radius 1 is 1.12 bits per heavy atom. The summed E-state index contributed by atoms with van der Waals surface area (Å²) in [5, 5.41) is 13.9. The lowest BCUT2D eigenvalue weighted by Gasteiger charge is -2.16. The van der Waals surface area contributed by atoms with Crippen molar-refractivity contribution in [2.24, 2.45) is 5.92 Å². The van der Waals surface area contributed by atoms with Gasteiger partial charge in [-0.3, -0.25) is 9.59 Å². The first-order valence-corrected chi connectivity index (χ1v) is 7.80. The second-order valence-corrected chi connectivity index (χ2v) is 5.84. The van der Waals surface area contributed by atoms with Gasteiger partial charge < -0.3 is 25.2 Å². The van der Waals surface area contributed by atoms with Crippen LogP contribution in [0.25, 0.3) is 0 Å². The van der Waals surface area contributed by atoms with Gasteiger partial charge in [-0.2, -0.15) is 0 Å². The Morgan fingerprint density at radius 2 is 1.76 bits per heavy atom. The molecule has 0 bridgehead atoms. The highest BCUT2D eigenvalue weighted by Crippen LogP contribution is 2.27. The fourth-order valence-electron chi connectivity index (χ4n) is 2.18. The summed E-state index contributed by atoms with van der Waals surface area (Å²) < 4.78 is 10.2. The molecular formula is C17H24N2O6. The fourth-order valence-corrected chi connectivity index (χ4v) is 2.18. The van der Waals surface area contributed by atoms with E-state index in [1.807, 2.05) is 13.8 Å². The number of carboxylic acids is 1. The van der Waals surface area contributed by atoms with Crippen LogP contribution < -0.4 is 20.1 Å².